The number of hydrogen-bond donors (Lipinski definition) is 3. The molecule has 1 aliphatic carbocycles. The lowest BCUT2D eigenvalue weighted by Gasteiger charge is -2.28. The van der Waals surface area contributed by atoms with Crippen LogP contribution in [-0.2, 0) is 14.8 Å². The average Bonchev–Trinajstić information content (AvgIpc) is 3.11. The number of ether oxygens (including phenoxy) is 1. The van der Waals surface area contributed by atoms with Gasteiger partial charge in [-0.15, -0.1) is 0 Å². The molecule has 0 saturated heterocycles. The first-order valence-corrected chi connectivity index (χ1v) is 12.5. The van der Waals surface area contributed by atoms with Gasteiger partial charge in [-0.2, -0.15) is 0 Å². The standard InChI is InChI=1S/C22H31N3O6S/c1-5-32(28,29)25-15-8-6-14(7-9-15)21(26)24-16-10-11-17-18(12-16)31-20(19(17)30-4)22(27)23-13(2)3/h10-15,25H,5-9H2,1-4H3,(H,23,27)(H,24,26)/t14-,15-. The van der Waals surface area contributed by atoms with E-state index in [9.17, 15) is 18.0 Å². The Morgan fingerprint density at radius 3 is 2.47 bits per heavy atom. The highest BCUT2D eigenvalue weighted by atomic mass is 32.2. The molecule has 2 aromatic rings. The summed E-state index contributed by atoms with van der Waals surface area (Å²) in [6.45, 7) is 5.31. The summed E-state index contributed by atoms with van der Waals surface area (Å²) in [5.74, 6) is -0.177. The molecular formula is C22H31N3O6S. The molecule has 0 spiro atoms. The van der Waals surface area contributed by atoms with Gasteiger partial charge in [0.05, 0.1) is 18.2 Å². The lowest BCUT2D eigenvalue weighted by Crippen LogP contribution is -2.40. The molecule has 3 rings (SSSR count). The molecule has 1 fully saturated rings. The molecule has 0 radical (unpaired) electrons. The predicted octanol–water partition coefficient (Wildman–Crippen LogP) is 3.02. The third kappa shape index (κ3) is 5.60. The van der Waals surface area contributed by atoms with Crippen molar-refractivity contribution in [2.45, 2.75) is 58.5 Å². The number of hydrogen-bond acceptors (Lipinski definition) is 6. The van der Waals surface area contributed by atoms with E-state index in [0.29, 0.717) is 48.1 Å². The molecule has 0 atom stereocenters. The lowest BCUT2D eigenvalue weighted by molar-refractivity contribution is -0.120. The van der Waals surface area contributed by atoms with E-state index >= 15 is 0 Å². The molecule has 0 bridgehead atoms. The molecule has 1 aromatic carbocycles. The minimum Gasteiger partial charge on any atom is -0.492 e. The van der Waals surface area contributed by atoms with E-state index in [-0.39, 0.29) is 41.3 Å². The number of rotatable bonds is 8. The van der Waals surface area contributed by atoms with Gasteiger partial charge in [0, 0.05) is 29.8 Å². The minimum absolute atomic E-state index is 0.0499. The lowest BCUT2D eigenvalue weighted by atomic mass is 9.86. The predicted molar refractivity (Wildman–Crippen MR) is 122 cm³/mol. The maximum absolute atomic E-state index is 12.7. The molecule has 1 heterocycles. The largest absolute Gasteiger partial charge is 0.492 e. The highest BCUT2D eigenvalue weighted by Gasteiger charge is 2.28. The summed E-state index contributed by atoms with van der Waals surface area (Å²) >= 11 is 0. The molecule has 176 valence electrons. The van der Waals surface area contributed by atoms with E-state index < -0.39 is 10.0 Å². The van der Waals surface area contributed by atoms with Crippen LogP contribution in [0.2, 0.25) is 0 Å². The van der Waals surface area contributed by atoms with Gasteiger partial charge in [0.25, 0.3) is 5.91 Å². The normalized spacial score (nSPS) is 19.2. The third-order valence-corrected chi connectivity index (χ3v) is 7.02. The van der Waals surface area contributed by atoms with E-state index in [1.54, 1.807) is 25.1 Å². The van der Waals surface area contributed by atoms with Gasteiger partial charge in [0.1, 0.15) is 5.58 Å². The number of methoxy groups -OCH3 is 1. The molecule has 0 unspecified atom stereocenters. The third-order valence-electron chi connectivity index (χ3n) is 5.57. The molecule has 2 amide bonds. The summed E-state index contributed by atoms with van der Waals surface area (Å²) in [5, 5.41) is 6.33. The fourth-order valence-corrected chi connectivity index (χ4v) is 4.80. The van der Waals surface area contributed by atoms with Crippen molar-refractivity contribution in [1.29, 1.82) is 0 Å². The van der Waals surface area contributed by atoms with E-state index in [2.05, 4.69) is 15.4 Å². The highest BCUT2D eigenvalue weighted by Crippen LogP contribution is 2.35. The van der Waals surface area contributed by atoms with Crippen molar-refractivity contribution in [2.75, 3.05) is 18.2 Å². The Hall–Kier alpha value is -2.59. The van der Waals surface area contributed by atoms with Gasteiger partial charge in [-0.3, -0.25) is 9.59 Å². The average molecular weight is 466 g/mol. The van der Waals surface area contributed by atoms with Crippen LogP contribution >= 0.6 is 0 Å². The first kappa shape index (κ1) is 24.1. The number of fused-ring (bicyclic) bond motifs is 1. The number of anilines is 1. The molecule has 0 aliphatic heterocycles. The quantitative estimate of drug-likeness (QED) is 0.550. The maximum Gasteiger partial charge on any atom is 0.291 e. The second-order valence-electron chi connectivity index (χ2n) is 8.36. The number of nitrogens with one attached hydrogen (secondary N) is 3. The van der Waals surface area contributed by atoms with Crippen LogP contribution in [0.25, 0.3) is 11.0 Å². The van der Waals surface area contributed by atoms with E-state index in [1.807, 2.05) is 13.8 Å². The van der Waals surface area contributed by atoms with Crippen LogP contribution in [0.15, 0.2) is 22.6 Å². The Bertz CT molecular complexity index is 1080. The van der Waals surface area contributed by atoms with E-state index in [0.717, 1.165) is 0 Å². The molecule has 9 nitrogen and oxygen atoms in total. The molecule has 3 N–H and O–H groups in total. The van der Waals surface area contributed by atoms with Crippen molar-refractivity contribution in [1.82, 2.24) is 10.0 Å². The fourth-order valence-electron chi connectivity index (χ4n) is 3.89. The Labute approximate surface area is 188 Å². The number of sulfonamides is 1. The zero-order valence-electron chi connectivity index (χ0n) is 18.9. The summed E-state index contributed by atoms with van der Waals surface area (Å²) in [4.78, 5) is 25.1. The highest BCUT2D eigenvalue weighted by molar-refractivity contribution is 7.89. The number of furan rings is 1. The van der Waals surface area contributed by atoms with E-state index in [1.165, 1.54) is 7.11 Å². The summed E-state index contributed by atoms with van der Waals surface area (Å²) in [7, 11) is -1.77. The molecule has 1 aromatic heterocycles. The fraction of sp³-hybridized carbons (Fsp3) is 0.545. The smallest absolute Gasteiger partial charge is 0.291 e. The van der Waals surface area contributed by atoms with Gasteiger partial charge in [-0.1, -0.05) is 0 Å². The number of benzene rings is 1. The maximum atomic E-state index is 12.7. The van der Waals surface area contributed by atoms with Crippen molar-refractivity contribution in [3.8, 4) is 5.75 Å². The van der Waals surface area contributed by atoms with Crippen LogP contribution < -0.4 is 20.1 Å². The van der Waals surface area contributed by atoms with Crippen LogP contribution in [0.5, 0.6) is 5.75 Å². The second kappa shape index (κ2) is 9.91. The van der Waals surface area contributed by atoms with Crippen molar-refractivity contribution in [2.24, 2.45) is 5.92 Å². The van der Waals surface area contributed by atoms with Crippen LogP contribution in [0.3, 0.4) is 0 Å². The SMILES string of the molecule is CCS(=O)(=O)N[C@H]1CC[C@H](C(=O)Nc2ccc3c(OC)c(C(=O)NC(C)C)oc3c2)CC1. The molecule has 1 saturated carbocycles. The number of carbonyl (C=O) groups excluding carboxylic acids is 2. The van der Waals surface area contributed by atoms with Gasteiger partial charge in [0.15, 0.2) is 5.75 Å². The first-order chi connectivity index (χ1) is 15.1. The topological polar surface area (TPSA) is 127 Å². The van der Waals surface area contributed by atoms with Gasteiger partial charge in [-0.05, 0) is 58.6 Å². The zero-order valence-corrected chi connectivity index (χ0v) is 19.7. The van der Waals surface area contributed by atoms with Crippen molar-refractivity contribution >= 4 is 38.5 Å². The number of amides is 2. The van der Waals surface area contributed by atoms with Gasteiger partial charge in [-0.25, -0.2) is 13.1 Å². The summed E-state index contributed by atoms with van der Waals surface area (Å²) in [6.07, 6.45) is 2.47. The second-order valence-corrected chi connectivity index (χ2v) is 10.4. The Balaban J connectivity index is 1.67. The zero-order chi connectivity index (χ0) is 23.5. The van der Waals surface area contributed by atoms with Gasteiger partial charge >= 0.3 is 0 Å². The summed E-state index contributed by atoms with van der Waals surface area (Å²) in [5.41, 5.74) is 0.995. The Morgan fingerprint density at radius 2 is 1.88 bits per heavy atom. The Kier molecular flexibility index (Phi) is 7.45. The van der Waals surface area contributed by atoms with Crippen LogP contribution in [0.1, 0.15) is 57.0 Å². The van der Waals surface area contributed by atoms with Crippen molar-refractivity contribution < 1.29 is 27.2 Å². The monoisotopic (exact) mass is 465 g/mol. The summed E-state index contributed by atoms with van der Waals surface area (Å²) < 4.78 is 37.3. The van der Waals surface area contributed by atoms with E-state index in [4.69, 9.17) is 9.15 Å². The van der Waals surface area contributed by atoms with Gasteiger partial charge < -0.3 is 19.8 Å². The van der Waals surface area contributed by atoms with Crippen molar-refractivity contribution in [3.63, 3.8) is 0 Å². The molecule has 10 heteroatoms. The Morgan fingerprint density at radius 1 is 1.19 bits per heavy atom. The number of carbonyl (C=O) groups is 2. The van der Waals surface area contributed by atoms with Crippen LogP contribution in [0.4, 0.5) is 5.69 Å². The van der Waals surface area contributed by atoms with Gasteiger partial charge in [0.2, 0.25) is 21.7 Å². The molecular weight excluding hydrogens is 434 g/mol. The molecule has 1 aliphatic rings. The first-order valence-electron chi connectivity index (χ1n) is 10.9. The van der Waals surface area contributed by atoms with Crippen LogP contribution in [-0.4, -0.2) is 45.2 Å². The molecule has 32 heavy (non-hydrogen) atoms. The van der Waals surface area contributed by atoms with Crippen molar-refractivity contribution in [3.05, 3.63) is 24.0 Å². The summed E-state index contributed by atoms with van der Waals surface area (Å²) in [6, 6.07) is 4.98. The minimum atomic E-state index is -3.24. The van der Waals surface area contributed by atoms with Crippen LogP contribution in [0, 0.1) is 5.92 Å².